The number of likely N-dealkylation sites (tertiary alicyclic amines) is 1. The highest BCUT2D eigenvalue weighted by Gasteiger charge is 2.33. The Balaban J connectivity index is 1.29. The van der Waals surface area contributed by atoms with Gasteiger partial charge in [-0.05, 0) is 12.8 Å². The average Bonchev–Trinajstić information content (AvgIpc) is 3.50. The Bertz CT molecular complexity index is 1090. The molecule has 0 spiro atoms. The number of anilines is 2. The predicted octanol–water partition coefficient (Wildman–Crippen LogP) is 1.10. The lowest BCUT2D eigenvalue weighted by Gasteiger charge is -2.27. The van der Waals surface area contributed by atoms with Gasteiger partial charge in [0.25, 0.3) is 0 Å². The van der Waals surface area contributed by atoms with Gasteiger partial charge in [-0.15, -0.1) is 0 Å². The van der Waals surface area contributed by atoms with E-state index in [9.17, 15) is 19.5 Å². The van der Waals surface area contributed by atoms with Crippen LogP contribution in [0.1, 0.15) is 29.8 Å². The first-order chi connectivity index (χ1) is 16.9. The third-order valence-electron chi connectivity index (χ3n) is 5.82. The number of urea groups is 1. The van der Waals surface area contributed by atoms with Crippen LogP contribution in [0.25, 0.3) is 0 Å². The number of carboxylic acid groups (broad SMARTS) is 1. The van der Waals surface area contributed by atoms with Crippen LogP contribution >= 0.6 is 11.3 Å². The van der Waals surface area contributed by atoms with Crippen LogP contribution in [0.5, 0.6) is 11.9 Å². The summed E-state index contributed by atoms with van der Waals surface area (Å²) in [6, 6.07) is 0.711. The van der Waals surface area contributed by atoms with E-state index in [1.54, 1.807) is 6.07 Å². The topological polar surface area (TPSA) is 159 Å². The average molecular weight is 506 g/mol. The Morgan fingerprint density at radius 3 is 2.77 bits per heavy atom. The second-order valence-electron chi connectivity index (χ2n) is 8.03. The number of carboxylic acids is 1. The number of carbonyl (C=O) groups is 3. The number of amides is 3. The number of fused-ring (bicyclic) bond motifs is 1. The van der Waals surface area contributed by atoms with Crippen molar-refractivity contribution in [2.45, 2.75) is 38.3 Å². The summed E-state index contributed by atoms with van der Waals surface area (Å²) in [5, 5.41) is 15.0. The van der Waals surface area contributed by atoms with Crippen LogP contribution in [0.15, 0.2) is 6.07 Å². The number of hydrogen-bond donors (Lipinski definition) is 3. The third kappa shape index (κ3) is 5.70. The van der Waals surface area contributed by atoms with Crippen molar-refractivity contribution in [1.29, 1.82) is 0 Å². The van der Waals surface area contributed by atoms with E-state index in [0.29, 0.717) is 55.7 Å². The Morgan fingerprint density at radius 2 is 2.03 bits per heavy atom. The molecule has 188 valence electrons. The van der Waals surface area contributed by atoms with Crippen molar-refractivity contribution in [3.05, 3.63) is 16.6 Å². The van der Waals surface area contributed by atoms with Gasteiger partial charge in [-0.1, -0.05) is 11.3 Å². The van der Waals surface area contributed by atoms with Crippen LogP contribution in [-0.4, -0.2) is 82.8 Å². The molecule has 0 saturated carbocycles. The number of nitrogens with zero attached hydrogens (tertiary/aromatic N) is 5. The normalized spacial score (nSPS) is 17.0. The largest absolute Gasteiger partial charge is 0.481 e. The molecule has 0 unspecified atom stereocenters. The first-order valence-electron chi connectivity index (χ1n) is 11.2. The molecule has 0 aromatic carbocycles. The molecule has 0 aliphatic carbocycles. The van der Waals surface area contributed by atoms with Gasteiger partial charge < -0.3 is 29.7 Å². The van der Waals surface area contributed by atoms with Gasteiger partial charge in [0.1, 0.15) is 11.9 Å². The summed E-state index contributed by atoms with van der Waals surface area (Å²) in [5.74, 6) is -0.195. The minimum atomic E-state index is -0.995. The zero-order valence-corrected chi connectivity index (χ0v) is 20.3. The first kappa shape index (κ1) is 24.4. The number of aliphatic carboxylic acids is 1. The first-order valence-corrected chi connectivity index (χ1v) is 12.0. The van der Waals surface area contributed by atoms with Crippen LogP contribution in [-0.2, 0) is 22.6 Å². The fourth-order valence-corrected chi connectivity index (χ4v) is 5.10. The number of nitrogens with one attached hydrogen (secondary N) is 2. The number of aromatic nitrogens is 3. The van der Waals surface area contributed by atoms with Crippen LogP contribution in [0.4, 0.5) is 15.7 Å². The minimum absolute atomic E-state index is 0.0341. The van der Waals surface area contributed by atoms with E-state index in [1.165, 1.54) is 30.5 Å². The monoisotopic (exact) mass is 505 g/mol. The summed E-state index contributed by atoms with van der Waals surface area (Å²) in [7, 11) is 3.02. The number of ether oxygens (including phenoxy) is 2. The van der Waals surface area contributed by atoms with E-state index < -0.39 is 18.0 Å². The van der Waals surface area contributed by atoms with Crippen LogP contribution in [0, 0.1) is 0 Å². The van der Waals surface area contributed by atoms with Crippen molar-refractivity contribution in [2.24, 2.45) is 0 Å². The van der Waals surface area contributed by atoms with Crippen molar-refractivity contribution in [2.75, 3.05) is 44.1 Å². The van der Waals surface area contributed by atoms with Crippen LogP contribution in [0.3, 0.4) is 0 Å². The highest BCUT2D eigenvalue weighted by molar-refractivity contribution is 7.15. The summed E-state index contributed by atoms with van der Waals surface area (Å²) >= 11 is 1.37. The highest BCUT2D eigenvalue weighted by atomic mass is 32.1. The Hall–Kier alpha value is -3.68. The molecule has 13 nitrogen and oxygen atoms in total. The van der Waals surface area contributed by atoms with E-state index >= 15 is 0 Å². The van der Waals surface area contributed by atoms with Gasteiger partial charge in [0.05, 0.1) is 26.5 Å². The summed E-state index contributed by atoms with van der Waals surface area (Å²) in [6.45, 7) is 1.78. The van der Waals surface area contributed by atoms with E-state index in [0.717, 1.165) is 10.6 Å². The van der Waals surface area contributed by atoms with Gasteiger partial charge >= 0.3 is 18.0 Å². The van der Waals surface area contributed by atoms with Crippen molar-refractivity contribution >= 4 is 40.2 Å². The quantitative estimate of drug-likeness (QED) is 0.474. The van der Waals surface area contributed by atoms with E-state index in [2.05, 4.69) is 30.5 Å². The molecule has 1 atom stereocenters. The van der Waals surface area contributed by atoms with Gasteiger partial charge in [-0.25, -0.2) is 14.6 Å². The standard InChI is InChI=1S/C21H27N7O6S/c1-33-16-10-15(24-20(25-16)34-2)27-9-6-12-14(11-27)35-21(23-12)26-19(32)22-7-5-17(29)28-8-3-4-13(28)18(30)31/h10,13H,3-9,11H2,1-2H3,(H,30,31)(H2,22,23,26,32)/t13-/m0/s1. The Kier molecular flexibility index (Phi) is 7.48. The van der Waals surface area contributed by atoms with Gasteiger partial charge in [0.2, 0.25) is 11.8 Å². The number of rotatable bonds is 8. The summed E-state index contributed by atoms with van der Waals surface area (Å²) < 4.78 is 10.4. The van der Waals surface area contributed by atoms with E-state index in [1.807, 2.05) is 0 Å². The number of hydrogen-bond acceptors (Lipinski definition) is 10. The van der Waals surface area contributed by atoms with Crippen molar-refractivity contribution in [1.82, 2.24) is 25.2 Å². The smallest absolute Gasteiger partial charge is 0.326 e. The molecule has 1 fully saturated rings. The van der Waals surface area contributed by atoms with Gasteiger partial charge in [-0.3, -0.25) is 10.1 Å². The number of carbonyl (C=O) groups excluding carboxylic acids is 2. The third-order valence-corrected chi connectivity index (χ3v) is 6.82. The molecular weight excluding hydrogens is 478 g/mol. The van der Waals surface area contributed by atoms with Crippen molar-refractivity contribution in [3.63, 3.8) is 0 Å². The zero-order valence-electron chi connectivity index (χ0n) is 19.4. The van der Waals surface area contributed by atoms with Gasteiger partial charge in [-0.2, -0.15) is 9.97 Å². The molecule has 14 heteroatoms. The van der Waals surface area contributed by atoms with E-state index in [-0.39, 0.29) is 24.9 Å². The maximum atomic E-state index is 12.3. The molecule has 2 aromatic heterocycles. The summed E-state index contributed by atoms with van der Waals surface area (Å²) in [6.07, 6.45) is 1.84. The maximum Gasteiger partial charge on any atom is 0.326 e. The highest BCUT2D eigenvalue weighted by Crippen LogP contribution is 2.31. The molecule has 35 heavy (non-hydrogen) atoms. The van der Waals surface area contributed by atoms with Crippen LogP contribution < -0.4 is 25.0 Å². The molecule has 3 N–H and O–H groups in total. The minimum Gasteiger partial charge on any atom is -0.481 e. The Morgan fingerprint density at radius 1 is 1.20 bits per heavy atom. The lowest BCUT2D eigenvalue weighted by molar-refractivity contribution is -0.148. The molecule has 2 aromatic rings. The predicted molar refractivity (Wildman–Crippen MR) is 126 cm³/mol. The molecule has 3 amide bonds. The van der Waals surface area contributed by atoms with Crippen LogP contribution in [0.2, 0.25) is 0 Å². The van der Waals surface area contributed by atoms with E-state index in [4.69, 9.17) is 9.47 Å². The molecule has 2 aliphatic rings. The van der Waals surface area contributed by atoms with Gasteiger partial charge in [0.15, 0.2) is 5.13 Å². The lowest BCUT2D eigenvalue weighted by Crippen LogP contribution is -2.42. The molecule has 2 aliphatic heterocycles. The number of thiazole rings is 1. The second-order valence-corrected chi connectivity index (χ2v) is 9.11. The number of methoxy groups -OCH3 is 2. The molecule has 0 radical (unpaired) electrons. The fourth-order valence-electron chi connectivity index (χ4n) is 4.08. The lowest BCUT2D eigenvalue weighted by atomic mass is 10.2. The molecule has 4 rings (SSSR count). The van der Waals surface area contributed by atoms with Crippen molar-refractivity contribution in [3.8, 4) is 11.9 Å². The summed E-state index contributed by atoms with van der Waals surface area (Å²) in [4.78, 5) is 53.3. The molecular formula is C21H27N7O6S. The fraction of sp³-hybridized carbons (Fsp3) is 0.524. The van der Waals surface area contributed by atoms with Crippen molar-refractivity contribution < 1.29 is 29.0 Å². The maximum absolute atomic E-state index is 12.3. The molecule has 1 saturated heterocycles. The Labute approximate surface area is 205 Å². The SMILES string of the molecule is COc1cc(N2CCc3nc(NC(=O)NCCC(=O)N4CCC[C@H]4C(=O)O)sc3C2)nc(OC)n1. The zero-order chi connectivity index (χ0) is 24.9. The second kappa shape index (κ2) is 10.7. The summed E-state index contributed by atoms with van der Waals surface area (Å²) in [5.41, 5.74) is 0.915. The van der Waals surface area contributed by atoms with Gasteiger partial charge in [0, 0.05) is 43.4 Å². The molecule has 4 heterocycles. The molecule has 0 bridgehead atoms.